The minimum Gasteiger partial charge on any atom is -0.353 e. The summed E-state index contributed by atoms with van der Waals surface area (Å²) in [5, 5.41) is 2.82. The van der Waals surface area contributed by atoms with Gasteiger partial charge in [-0.15, -0.1) is 0 Å². The Hall–Kier alpha value is -3.15. The smallest absolute Gasteiger partial charge is 0.248 e. The van der Waals surface area contributed by atoms with Crippen LogP contribution in [0.25, 0.3) is 6.08 Å². The van der Waals surface area contributed by atoms with Crippen LogP contribution < -0.4 is 10.2 Å². The average Bonchev–Trinajstić information content (AvgIpc) is 2.73. The summed E-state index contributed by atoms with van der Waals surface area (Å²) in [4.78, 5) is 32.8. The molecule has 0 bridgehead atoms. The van der Waals surface area contributed by atoms with E-state index in [-0.39, 0.29) is 11.8 Å². The number of carbonyl (C=O) groups is 2. The fourth-order valence-corrected chi connectivity index (χ4v) is 3.23. The molecule has 0 saturated carbocycles. The van der Waals surface area contributed by atoms with E-state index in [1.54, 1.807) is 12.3 Å². The third-order valence-electron chi connectivity index (χ3n) is 4.78. The lowest BCUT2D eigenvalue weighted by Gasteiger charge is -2.35. The van der Waals surface area contributed by atoms with Crippen LogP contribution >= 0.6 is 0 Å². The number of rotatable bonds is 6. The number of amides is 2. The lowest BCUT2D eigenvalue weighted by atomic mass is 10.1. The van der Waals surface area contributed by atoms with E-state index in [2.05, 4.69) is 29.0 Å². The molecule has 2 aromatic rings. The van der Waals surface area contributed by atoms with Crippen LogP contribution in [0.15, 0.2) is 54.7 Å². The highest BCUT2D eigenvalue weighted by Gasteiger charge is 2.22. The van der Waals surface area contributed by atoms with Crippen molar-refractivity contribution in [3.05, 3.63) is 60.3 Å². The van der Waals surface area contributed by atoms with E-state index in [4.69, 9.17) is 0 Å². The van der Waals surface area contributed by atoms with E-state index in [0.29, 0.717) is 18.0 Å². The molecule has 1 aromatic heterocycles. The van der Waals surface area contributed by atoms with E-state index >= 15 is 0 Å². The Morgan fingerprint density at radius 1 is 1.07 bits per heavy atom. The van der Waals surface area contributed by atoms with Gasteiger partial charge in [-0.25, -0.2) is 4.98 Å². The van der Waals surface area contributed by atoms with E-state index in [0.717, 1.165) is 37.6 Å². The standard InChI is InChI=1S/C23H28N4O2/c1-18(2)16-23(29)27-14-12-26(13-15-27)21-10-9-20(17-24-21)25-22(28)11-8-19-6-4-3-5-7-19/h3-11,17-18H,12-16H2,1-2H3,(H,25,28)/b11-8+. The number of anilines is 2. The molecule has 1 aliphatic rings. The molecule has 0 aliphatic carbocycles. The van der Waals surface area contributed by atoms with Crippen molar-refractivity contribution < 1.29 is 9.59 Å². The summed E-state index contributed by atoms with van der Waals surface area (Å²) in [6.45, 7) is 7.10. The summed E-state index contributed by atoms with van der Waals surface area (Å²) >= 11 is 0. The molecule has 152 valence electrons. The Morgan fingerprint density at radius 2 is 1.79 bits per heavy atom. The maximum atomic E-state index is 12.2. The summed E-state index contributed by atoms with van der Waals surface area (Å²) in [5.74, 6) is 1.28. The number of hydrogen-bond donors (Lipinski definition) is 1. The monoisotopic (exact) mass is 392 g/mol. The molecule has 1 N–H and O–H groups in total. The number of nitrogens with zero attached hydrogens (tertiary/aromatic N) is 3. The molecular formula is C23H28N4O2. The molecule has 1 saturated heterocycles. The van der Waals surface area contributed by atoms with Crippen molar-refractivity contribution in [1.82, 2.24) is 9.88 Å². The lowest BCUT2D eigenvalue weighted by Crippen LogP contribution is -2.49. The van der Waals surface area contributed by atoms with Crippen molar-refractivity contribution in [3.63, 3.8) is 0 Å². The number of nitrogens with one attached hydrogen (secondary N) is 1. The molecule has 1 aromatic carbocycles. The molecule has 0 radical (unpaired) electrons. The summed E-state index contributed by atoms with van der Waals surface area (Å²) in [7, 11) is 0. The second-order valence-corrected chi connectivity index (χ2v) is 7.60. The molecule has 6 heteroatoms. The summed E-state index contributed by atoms with van der Waals surface area (Å²) < 4.78 is 0. The second kappa shape index (κ2) is 9.87. The van der Waals surface area contributed by atoms with Gasteiger partial charge in [0.2, 0.25) is 11.8 Å². The summed E-state index contributed by atoms with van der Waals surface area (Å²) in [6.07, 6.45) is 5.55. The van der Waals surface area contributed by atoms with E-state index in [1.165, 1.54) is 6.08 Å². The normalized spacial score (nSPS) is 14.4. The predicted octanol–water partition coefficient (Wildman–Crippen LogP) is 3.43. The number of piperazine rings is 1. The molecule has 1 fully saturated rings. The van der Waals surface area contributed by atoms with Gasteiger partial charge in [0.15, 0.2) is 0 Å². The van der Waals surface area contributed by atoms with Crippen molar-refractivity contribution in [2.75, 3.05) is 36.4 Å². The van der Waals surface area contributed by atoms with Gasteiger partial charge in [0.05, 0.1) is 11.9 Å². The molecule has 1 aliphatic heterocycles. The van der Waals surface area contributed by atoms with Gasteiger partial charge >= 0.3 is 0 Å². The van der Waals surface area contributed by atoms with Crippen molar-refractivity contribution in [3.8, 4) is 0 Å². The first-order chi connectivity index (χ1) is 14.0. The van der Waals surface area contributed by atoms with Crippen molar-refractivity contribution in [1.29, 1.82) is 0 Å². The van der Waals surface area contributed by atoms with E-state index in [9.17, 15) is 9.59 Å². The van der Waals surface area contributed by atoms with Gasteiger partial charge in [0, 0.05) is 38.7 Å². The number of carbonyl (C=O) groups excluding carboxylic acids is 2. The van der Waals surface area contributed by atoms with Gasteiger partial charge in [-0.05, 0) is 29.7 Å². The Morgan fingerprint density at radius 3 is 2.41 bits per heavy atom. The third-order valence-corrected chi connectivity index (χ3v) is 4.78. The first-order valence-corrected chi connectivity index (χ1v) is 10.0. The van der Waals surface area contributed by atoms with Crippen LogP contribution in [0.1, 0.15) is 25.8 Å². The molecule has 0 atom stereocenters. The van der Waals surface area contributed by atoms with Crippen molar-refractivity contribution in [2.24, 2.45) is 5.92 Å². The highest BCUT2D eigenvalue weighted by molar-refractivity contribution is 6.01. The summed E-state index contributed by atoms with van der Waals surface area (Å²) in [6, 6.07) is 13.4. The van der Waals surface area contributed by atoms with E-state index in [1.807, 2.05) is 47.4 Å². The van der Waals surface area contributed by atoms with Crippen molar-refractivity contribution in [2.45, 2.75) is 20.3 Å². The van der Waals surface area contributed by atoms with Gasteiger partial charge < -0.3 is 15.1 Å². The van der Waals surface area contributed by atoms with Gasteiger partial charge in [0.25, 0.3) is 0 Å². The number of pyridine rings is 1. The third kappa shape index (κ3) is 6.17. The van der Waals surface area contributed by atoms with Crippen molar-refractivity contribution >= 4 is 29.4 Å². The first-order valence-electron chi connectivity index (χ1n) is 10.0. The van der Waals surface area contributed by atoms with Crippen LogP contribution in [0.2, 0.25) is 0 Å². The fourth-order valence-electron chi connectivity index (χ4n) is 3.23. The molecule has 0 spiro atoms. The van der Waals surface area contributed by atoms with Crippen LogP contribution in [0, 0.1) is 5.92 Å². The minimum atomic E-state index is -0.194. The first kappa shape index (κ1) is 20.6. The molecule has 29 heavy (non-hydrogen) atoms. The second-order valence-electron chi connectivity index (χ2n) is 7.60. The summed E-state index contributed by atoms with van der Waals surface area (Å²) in [5.41, 5.74) is 1.63. The van der Waals surface area contributed by atoms with Gasteiger partial charge in [0.1, 0.15) is 5.82 Å². The van der Waals surface area contributed by atoms with Gasteiger partial charge in [-0.3, -0.25) is 9.59 Å². The lowest BCUT2D eigenvalue weighted by molar-refractivity contribution is -0.132. The quantitative estimate of drug-likeness (QED) is 0.765. The SMILES string of the molecule is CC(C)CC(=O)N1CCN(c2ccc(NC(=O)/C=C/c3ccccc3)cn2)CC1. The Labute approximate surface area is 172 Å². The highest BCUT2D eigenvalue weighted by Crippen LogP contribution is 2.17. The Bertz CT molecular complexity index is 839. The fraction of sp³-hybridized carbons (Fsp3) is 0.348. The minimum absolute atomic E-state index is 0.194. The molecule has 3 rings (SSSR count). The molecule has 2 heterocycles. The molecular weight excluding hydrogens is 364 g/mol. The van der Waals surface area contributed by atoms with Crippen LogP contribution in [-0.2, 0) is 9.59 Å². The number of aromatic nitrogens is 1. The van der Waals surface area contributed by atoms with Crippen LogP contribution in [0.5, 0.6) is 0 Å². The van der Waals surface area contributed by atoms with Crippen LogP contribution in [0.3, 0.4) is 0 Å². The zero-order chi connectivity index (χ0) is 20.6. The number of hydrogen-bond acceptors (Lipinski definition) is 4. The highest BCUT2D eigenvalue weighted by atomic mass is 16.2. The Kier molecular flexibility index (Phi) is 7.00. The van der Waals surface area contributed by atoms with Gasteiger partial charge in [-0.1, -0.05) is 44.2 Å². The van der Waals surface area contributed by atoms with Gasteiger partial charge in [-0.2, -0.15) is 0 Å². The largest absolute Gasteiger partial charge is 0.353 e. The van der Waals surface area contributed by atoms with Crippen LogP contribution in [-0.4, -0.2) is 47.9 Å². The number of benzene rings is 1. The zero-order valence-electron chi connectivity index (χ0n) is 17.0. The molecule has 6 nitrogen and oxygen atoms in total. The maximum absolute atomic E-state index is 12.2. The Balaban J connectivity index is 1.50. The zero-order valence-corrected chi connectivity index (χ0v) is 17.0. The average molecular weight is 393 g/mol. The topological polar surface area (TPSA) is 65.5 Å². The molecule has 0 unspecified atom stereocenters. The predicted molar refractivity (Wildman–Crippen MR) is 117 cm³/mol. The molecule has 2 amide bonds. The van der Waals surface area contributed by atoms with E-state index < -0.39 is 0 Å². The maximum Gasteiger partial charge on any atom is 0.248 e. The van der Waals surface area contributed by atoms with Crippen LogP contribution in [0.4, 0.5) is 11.5 Å².